The van der Waals surface area contributed by atoms with Gasteiger partial charge in [0, 0.05) is 24.6 Å². The molecular weight excluding hydrogens is 338 g/mol. The number of amides is 1. The standard InChI is InChI=1S/C19H22ClN3O2/c20-16-4-2-1-3-15(16)17-11-14(22-25-17)12-23-13-19(6-5-18(23)24)7-9-21-10-8-19/h1-4,11,21H,5-10,12-13H2. The van der Waals surface area contributed by atoms with E-state index in [1.54, 1.807) is 0 Å². The van der Waals surface area contributed by atoms with Crippen molar-refractivity contribution in [1.82, 2.24) is 15.4 Å². The second-order valence-corrected chi connectivity index (χ2v) is 7.57. The number of rotatable bonds is 3. The zero-order chi connectivity index (χ0) is 17.3. The summed E-state index contributed by atoms with van der Waals surface area (Å²) in [7, 11) is 0. The number of hydrogen-bond acceptors (Lipinski definition) is 4. The molecule has 0 saturated carbocycles. The lowest BCUT2D eigenvalue weighted by Crippen LogP contribution is -2.50. The average Bonchev–Trinajstić information content (AvgIpc) is 3.08. The highest BCUT2D eigenvalue weighted by molar-refractivity contribution is 6.33. The average molecular weight is 360 g/mol. The van der Waals surface area contributed by atoms with Gasteiger partial charge in [-0.15, -0.1) is 0 Å². The van der Waals surface area contributed by atoms with Gasteiger partial charge in [0.2, 0.25) is 5.91 Å². The van der Waals surface area contributed by atoms with Crippen LogP contribution in [0.4, 0.5) is 0 Å². The molecule has 2 aliphatic rings. The summed E-state index contributed by atoms with van der Waals surface area (Å²) in [6, 6.07) is 9.42. The number of piperidine rings is 2. The van der Waals surface area contributed by atoms with Gasteiger partial charge in [0.15, 0.2) is 5.76 Å². The fraction of sp³-hybridized carbons (Fsp3) is 0.474. The van der Waals surface area contributed by atoms with E-state index in [9.17, 15) is 4.79 Å². The number of nitrogens with one attached hydrogen (secondary N) is 1. The van der Waals surface area contributed by atoms with Gasteiger partial charge in [-0.25, -0.2) is 0 Å². The van der Waals surface area contributed by atoms with Crippen LogP contribution in [0.25, 0.3) is 11.3 Å². The minimum Gasteiger partial charge on any atom is -0.356 e. The molecule has 2 aromatic rings. The van der Waals surface area contributed by atoms with Crippen molar-refractivity contribution in [2.45, 2.75) is 32.2 Å². The molecule has 0 unspecified atom stereocenters. The van der Waals surface area contributed by atoms with Crippen molar-refractivity contribution in [2.24, 2.45) is 5.41 Å². The van der Waals surface area contributed by atoms with Crippen LogP contribution >= 0.6 is 11.6 Å². The van der Waals surface area contributed by atoms with Gasteiger partial charge in [0.1, 0.15) is 5.69 Å². The van der Waals surface area contributed by atoms with E-state index in [0.717, 1.165) is 50.2 Å². The lowest BCUT2D eigenvalue weighted by molar-refractivity contribution is -0.139. The quantitative estimate of drug-likeness (QED) is 0.911. The Kier molecular flexibility index (Phi) is 4.52. The highest BCUT2D eigenvalue weighted by Gasteiger charge is 2.39. The number of halogens is 1. The maximum absolute atomic E-state index is 12.4. The Labute approximate surface area is 152 Å². The monoisotopic (exact) mass is 359 g/mol. The molecule has 2 fully saturated rings. The highest BCUT2D eigenvalue weighted by Crippen LogP contribution is 2.39. The van der Waals surface area contributed by atoms with Gasteiger partial charge in [-0.2, -0.15) is 0 Å². The molecule has 1 spiro atoms. The van der Waals surface area contributed by atoms with Crippen molar-refractivity contribution >= 4 is 17.5 Å². The van der Waals surface area contributed by atoms with Crippen molar-refractivity contribution in [2.75, 3.05) is 19.6 Å². The lowest BCUT2D eigenvalue weighted by Gasteiger charge is -2.45. The molecule has 5 nitrogen and oxygen atoms in total. The predicted octanol–water partition coefficient (Wildman–Crippen LogP) is 3.49. The smallest absolute Gasteiger partial charge is 0.222 e. The molecule has 4 rings (SSSR count). The van der Waals surface area contributed by atoms with E-state index in [2.05, 4.69) is 10.5 Å². The van der Waals surface area contributed by atoms with Crippen molar-refractivity contribution in [3.63, 3.8) is 0 Å². The maximum Gasteiger partial charge on any atom is 0.222 e. The van der Waals surface area contributed by atoms with Crippen LogP contribution in [0.2, 0.25) is 5.02 Å². The molecule has 6 heteroatoms. The number of likely N-dealkylation sites (tertiary alicyclic amines) is 1. The van der Waals surface area contributed by atoms with Crippen molar-refractivity contribution < 1.29 is 9.32 Å². The topological polar surface area (TPSA) is 58.4 Å². The van der Waals surface area contributed by atoms with Gasteiger partial charge in [-0.1, -0.05) is 28.9 Å². The van der Waals surface area contributed by atoms with E-state index in [0.29, 0.717) is 23.7 Å². The maximum atomic E-state index is 12.4. The van der Waals surface area contributed by atoms with Crippen LogP contribution in [0.1, 0.15) is 31.4 Å². The van der Waals surface area contributed by atoms with Gasteiger partial charge >= 0.3 is 0 Å². The third-order valence-electron chi connectivity index (χ3n) is 5.46. The fourth-order valence-corrected chi connectivity index (χ4v) is 4.21. The molecule has 0 radical (unpaired) electrons. The van der Waals surface area contributed by atoms with Gasteiger partial charge in [0.25, 0.3) is 0 Å². The highest BCUT2D eigenvalue weighted by atomic mass is 35.5. The molecule has 3 heterocycles. The molecule has 1 aromatic heterocycles. The Bertz CT molecular complexity index is 768. The summed E-state index contributed by atoms with van der Waals surface area (Å²) in [6.45, 7) is 3.41. The number of aromatic nitrogens is 1. The first-order valence-electron chi connectivity index (χ1n) is 8.84. The van der Waals surface area contributed by atoms with Crippen LogP contribution < -0.4 is 5.32 Å². The van der Waals surface area contributed by atoms with Crippen LogP contribution in [-0.2, 0) is 11.3 Å². The molecule has 1 amide bonds. The summed E-state index contributed by atoms with van der Waals surface area (Å²) in [4.78, 5) is 14.3. The van der Waals surface area contributed by atoms with Gasteiger partial charge in [-0.05, 0) is 49.9 Å². The second kappa shape index (κ2) is 6.81. The largest absolute Gasteiger partial charge is 0.356 e. The second-order valence-electron chi connectivity index (χ2n) is 7.16. The molecule has 2 aliphatic heterocycles. The third-order valence-corrected chi connectivity index (χ3v) is 5.79. The number of carbonyl (C=O) groups excluding carboxylic acids is 1. The van der Waals surface area contributed by atoms with Crippen molar-refractivity contribution in [1.29, 1.82) is 0 Å². The number of carbonyl (C=O) groups is 1. The minimum atomic E-state index is 0.214. The van der Waals surface area contributed by atoms with E-state index in [4.69, 9.17) is 16.1 Å². The van der Waals surface area contributed by atoms with E-state index in [1.165, 1.54) is 0 Å². The number of hydrogen-bond donors (Lipinski definition) is 1. The van der Waals surface area contributed by atoms with E-state index < -0.39 is 0 Å². The summed E-state index contributed by atoms with van der Waals surface area (Å²) >= 11 is 6.22. The summed E-state index contributed by atoms with van der Waals surface area (Å²) in [5.74, 6) is 0.855. The first-order valence-corrected chi connectivity index (χ1v) is 9.22. The lowest BCUT2D eigenvalue weighted by atomic mass is 9.73. The minimum absolute atomic E-state index is 0.214. The van der Waals surface area contributed by atoms with Crippen LogP contribution in [0.3, 0.4) is 0 Å². The molecule has 1 aromatic carbocycles. The van der Waals surface area contributed by atoms with E-state index in [1.807, 2.05) is 35.2 Å². The first kappa shape index (κ1) is 16.6. The van der Waals surface area contributed by atoms with Gasteiger partial charge in [-0.3, -0.25) is 4.79 Å². The number of nitrogens with zero attached hydrogens (tertiary/aromatic N) is 2. The zero-order valence-electron chi connectivity index (χ0n) is 14.1. The van der Waals surface area contributed by atoms with Gasteiger partial charge in [0.05, 0.1) is 11.6 Å². The SMILES string of the molecule is O=C1CCC2(CCNCC2)CN1Cc1cc(-c2ccccc2Cl)on1. The molecule has 0 aliphatic carbocycles. The predicted molar refractivity (Wildman–Crippen MR) is 96.1 cm³/mol. The molecule has 132 valence electrons. The Morgan fingerprint density at radius 3 is 2.84 bits per heavy atom. The molecule has 25 heavy (non-hydrogen) atoms. The van der Waals surface area contributed by atoms with Crippen LogP contribution in [0.15, 0.2) is 34.9 Å². The summed E-state index contributed by atoms with van der Waals surface area (Å²) in [5, 5.41) is 8.20. The Morgan fingerprint density at radius 2 is 2.04 bits per heavy atom. The van der Waals surface area contributed by atoms with E-state index >= 15 is 0 Å². The summed E-state index contributed by atoms with van der Waals surface area (Å²) in [5.41, 5.74) is 1.87. The normalized spacial score (nSPS) is 20.2. The Balaban J connectivity index is 1.50. The van der Waals surface area contributed by atoms with Crippen molar-refractivity contribution in [3.8, 4) is 11.3 Å². The molecular formula is C19H22ClN3O2. The molecule has 0 atom stereocenters. The molecule has 0 bridgehead atoms. The Morgan fingerprint density at radius 1 is 1.24 bits per heavy atom. The Hall–Kier alpha value is -1.85. The third kappa shape index (κ3) is 3.44. The fourth-order valence-electron chi connectivity index (χ4n) is 3.98. The van der Waals surface area contributed by atoms with Crippen LogP contribution in [0, 0.1) is 5.41 Å². The summed E-state index contributed by atoms with van der Waals surface area (Å²) in [6.07, 6.45) is 3.92. The number of benzene rings is 1. The van der Waals surface area contributed by atoms with Gasteiger partial charge < -0.3 is 14.7 Å². The van der Waals surface area contributed by atoms with Crippen LogP contribution in [0.5, 0.6) is 0 Å². The van der Waals surface area contributed by atoms with Crippen molar-refractivity contribution in [3.05, 3.63) is 41.0 Å². The zero-order valence-corrected chi connectivity index (χ0v) is 14.9. The molecule has 1 N–H and O–H groups in total. The van der Waals surface area contributed by atoms with E-state index in [-0.39, 0.29) is 11.3 Å². The molecule has 2 saturated heterocycles. The first-order chi connectivity index (χ1) is 12.2. The summed E-state index contributed by atoms with van der Waals surface area (Å²) < 4.78 is 5.46. The van der Waals surface area contributed by atoms with Crippen LogP contribution in [-0.4, -0.2) is 35.6 Å².